The zero-order chi connectivity index (χ0) is 19.5. The highest BCUT2D eigenvalue weighted by Gasteiger charge is 2.35. The lowest BCUT2D eigenvalue weighted by Gasteiger charge is -2.27. The van der Waals surface area contributed by atoms with Gasteiger partial charge in [-0.05, 0) is 43.7 Å². The Morgan fingerprint density at radius 1 is 1.12 bits per heavy atom. The number of aryl methyl sites for hydroxylation is 1. The molecule has 1 unspecified atom stereocenters. The van der Waals surface area contributed by atoms with E-state index in [1.165, 1.54) is 5.56 Å². The summed E-state index contributed by atoms with van der Waals surface area (Å²) >= 11 is 1.64. The monoisotopic (exact) mass is 376 g/mol. The minimum absolute atomic E-state index is 0.0506. The third kappa shape index (κ3) is 5.76. The van der Waals surface area contributed by atoms with E-state index in [1.807, 2.05) is 20.8 Å². The van der Waals surface area contributed by atoms with Crippen LogP contribution in [0.5, 0.6) is 0 Å². The molecule has 1 aromatic rings. The third-order valence-corrected chi connectivity index (χ3v) is 5.46. The molecular weight excluding hydrogens is 344 g/mol. The standard InChI is InChI=1S/C21H32N2O2S/c1-20(2,3)16-10-7-15(8-11-16)9-12-18(24)23-14-26-13-17(23)19(25)22-21(4,5)6/h7-8,10-11,17H,9,12-14H2,1-6H3,(H,22,25). The highest BCUT2D eigenvalue weighted by atomic mass is 32.2. The Labute approximate surface area is 162 Å². The average Bonchev–Trinajstić information content (AvgIpc) is 3.00. The fraction of sp³-hybridized carbons (Fsp3) is 0.619. The van der Waals surface area contributed by atoms with E-state index in [-0.39, 0.29) is 28.8 Å². The number of hydrogen-bond donors (Lipinski definition) is 1. The fourth-order valence-corrected chi connectivity index (χ4v) is 4.11. The van der Waals surface area contributed by atoms with Crippen LogP contribution in [0.1, 0.15) is 59.1 Å². The molecule has 0 aromatic heterocycles. The van der Waals surface area contributed by atoms with Gasteiger partial charge in [0.2, 0.25) is 11.8 Å². The Hall–Kier alpha value is -1.49. The SMILES string of the molecule is CC(C)(C)NC(=O)C1CSCN1C(=O)CCc1ccc(C(C)(C)C)cc1. The van der Waals surface area contributed by atoms with Gasteiger partial charge in [-0.15, -0.1) is 11.8 Å². The normalized spacial score (nSPS) is 18.1. The van der Waals surface area contributed by atoms with Gasteiger partial charge in [-0.25, -0.2) is 0 Å². The molecule has 1 heterocycles. The van der Waals surface area contributed by atoms with Crippen LogP contribution in [0.4, 0.5) is 0 Å². The average molecular weight is 377 g/mol. The van der Waals surface area contributed by atoms with Crippen molar-refractivity contribution in [2.24, 2.45) is 0 Å². The summed E-state index contributed by atoms with van der Waals surface area (Å²) < 4.78 is 0. The van der Waals surface area contributed by atoms with Crippen molar-refractivity contribution >= 4 is 23.6 Å². The Bertz CT molecular complexity index is 641. The zero-order valence-corrected chi connectivity index (χ0v) is 17.7. The van der Waals surface area contributed by atoms with E-state index in [4.69, 9.17) is 0 Å². The number of carbonyl (C=O) groups is 2. The van der Waals surface area contributed by atoms with Crippen LogP contribution >= 0.6 is 11.8 Å². The lowest BCUT2D eigenvalue weighted by Crippen LogP contribution is -2.52. The fourth-order valence-electron chi connectivity index (χ4n) is 2.92. The first-order valence-corrected chi connectivity index (χ1v) is 10.4. The van der Waals surface area contributed by atoms with Gasteiger partial charge in [0.1, 0.15) is 6.04 Å². The minimum atomic E-state index is -0.352. The van der Waals surface area contributed by atoms with Crippen molar-refractivity contribution in [1.29, 1.82) is 0 Å². The molecule has 1 saturated heterocycles. The molecule has 1 aliphatic heterocycles. The van der Waals surface area contributed by atoms with Gasteiger partial charge in [-0.1, -0.05) is 45.0 Å². The van der Waals surface area contributed by atoms with Crippen molar-refractivity contribution in [3.63, 3.8) is 0 Å². The van der Waals surface area contributed by atoms with E-state index in [1.54, 1.807) is 16.7 Å². The number of carbonyl (C=O) groups excluding carboxylic acids is 2. The largest absolute Gasteiger partial charge is 0.350 e. The predicted molar refractivity (Wildman–Crippen MR) is 109 cm³/mol. The number of benzene rings is 1. The van der Waals surface area contributed by atoms with Crippen LogP contribution < -0.4 is 5.32 Å². The van der Waals surface area contributed by atoms with Crippen LogP contribution in [0.3, 0.4) is 0 Å². The van der Waals surface area contributed by atoms with E-state index in [2.05, 4.69) is 50.4 Å². The minimum Gasteiger partial charge on any atom is -0.350 e. The molecule has 2 rings (SSSR count). The maximum absolute atomic E-state index is 12.7. The molecular formula is C21H32N2O2S. The summed E-state index contributed by atoms with van der Waals surface area (Å²) in [5.74, 6) is 1.28. The molecule has 26 heavy (non-hydrogen) atoms. The molecule has 1 aliphatic rings. The Morgan fingerprint density at radius 2 is 1.73 bits per heavy atom. The van der Waals surface area contributed by atoms with Gasteiger partial charge in [0.05, 0.1) is 5.88 Å². The second-order valence-electron chi connectivity index (χ2n) is 9.07. The third-order valence-electron chi connectivity index (χ3n) is 4.45. The van der Waals surface area contributed by atoms with Gasteiger partial charge in [-0.2, -0.15) is 0 Å². The van der Waals surface area contributed by atoms with Crippen LogP contribution in [-0.2, 0) is 21.4 Å². The summed E-state index contributed by atoms with van der Waals surface area (Å²) in [5.41, 5.74) is 2.30. The molecule has 5 heteroatoms. The van der Waals surface area contributed by atoms with Crippen LogP contribution in [0.2, 0.25) is 0 Å². The Kier molecular flexibility index (Phi) is 6.43. The van der Waals surface area contributed by atoms with Gasteiger partial charge in [0.25, 0.3) is 0 Å². The molecule has 1 fully saturated rings. The number of thioether (sulfide) groups is 1. The quantitative estimate of drug-likeness (QED) is 0.871. The second kappa shape index (κ2) is 8.03. The molecule has 4 nitrogen and oxygen atoms in total. The van der Waals surface area contributed by atoms with Crippen molar-refractivity contribution < 1.29 is 9.59 Å². The van der Waals surface area contributed by atoms with Crippen molar-refractivity contribution in [2.75, 3.05) is 11.6 Å². The van der Waals surface area contributed by atoms with E-state index in [9.17, 15) is 9.59 Å². The highest BCUT2D eigenvalue weighted by Crippen LogP contribution is 2.24. The summed E-state index contributed by atoms with van der Waals surface area (Å²) in [6.45, 7) is 12.5. The zero-order valence-electron chi connectivity index (χ0n) is 16.9. The van der Waals surface area contributed by atoms with Crippen molar-refractivity contribution in [3.8, 4) is 0 Å². The Balaban J connectivity index is 1.93. The lowest BCUT2D eigenvalue weighted by molar-refractivity contribution is -0.138. The summed E-state index contributed by atoms with van der Waals surface area (Å²) in [7, 11) is 0. The van der Waals surface area contributed by atoms with Crippen LogP contribution in [0, 0.1) is 0 Å². The first kappa shape index (κ1) is 20.8. The van der Waals surface area contributed by atoms with Crippen molar-refractivity contribution in [2.45, 2.75) is 71.4 Å². The summed E-state index contributed by atoms with van der Waals surface area (Å²) in [6.07, 6.45) is 1.15. The van der Waals surface area contributed by atoms with Gasteiger partial charge in [-0.3, -0.25) is 9.59 Å². The maximum atomic E-state index is 12.7. The number of hydrogen-bond acceptors (Lipinski definition) is 3. The van der Waals surface area contributed by atoms with Crippen molar-refractivity contribution in [1.82, 2.24) is 10.2 Å². The van der Waals surface area contributed by atoms with Crippen LogP contribution in [-0.4, -0.2) is 39.9 Å². The number of nitrogens with one attached hydrogen (secondary N) is 1. The molecule has 0 aliphatic carbocycles. The second-order valence-corrected chi connectivity index (χ2v) is 10.1. The summed E-state index contributed by atoms with van der Waals surface area (Å²) in [5, 5.41) is 2.99. The number of amides is 2. The molecule has 0 saturated carbocycles. The van der Waals surface area contributed by atoms with E-state index >= 15 is 0 Å². The first-order chi connectivity index (χ1) is 12.0. The number of nitrogens with zero attached hydrogens (tertiary/aromatic N) is 1. The molecule has 2 amide bonds. The maximum Gasteiger partial charge on any atom is 0.244 e. The first-order valence-electron chi connectivity index (χ1n) is 9.26. The molecule has 144 valence electrons. The van der Waals surface area contributed by atoms with E-state index < -0.39 is 0 Å². The molecule has 1 atom stereocenters. The predicted octanol–water partition coefficient (Wildman–Crippen LogP) is 3.73. The molecule has 0 radical (unpaired) electrons. The molecule has 0 spiro atoms. The van der Waals surface area contributed by atoms with Crippen LogP contribution in [0.25, 0.3) is 0 Å². The molecule has 0 bridgehead atoms. The summed E-state index contributed by atoms with van der Waals surface area (Å²) in [4.78, 5) is 26.9. The van der Waals surface area contributed by atoms with Crippen LogP contribution in [0.15, 0.2) is 24.3 Å². The molecule has 1 N–H and O–H groups in total. The van der Waals surface area contributed by atoms with E-state index in [0.29, 0.717) is 24.5 Å². The van der Waals surface area contributed by atoms with Gasteiger partial charge in [0.15, 0.2) is 0 Å². The smallest absolute Gasteiger partial charge is 0.244 e. The highest BCUT2D eigenvalue weighted by molar-refractivity contribution is 7.99. The van der Waals surface area contributed by atoms with E-state index in [0.717, 1.165) is 5.56 Å². The van der Waals surface area contributed by atoms with Gasteiger partial charge < -0.3 is 10.2 Å². The molecule has 1 aromatic carbocycles. The van der Waals surface area contributed by atoms with Gasteiger partial charge >= 0.3 is 0 Å². The number of rotatable bonds is 4. The topological polar surface area (TPSA) is 49.4 Å². The lowest BCUT2D eigenvalue weighted by atomic mass is 9.86. The Morgan fingerprint density at radius 3 is 2.27 bits per heavy atom. The van der Waals surface area contributed by atoms with Gasteiger partial charge in [0, 0.05) is 17.7 Å². The van der Waals surface area contributed by atoms with Crippen molar-refractivity contribution in [3.05, 3.63) is 35.4 Å². The summed E-state index contributed by atoms with van der Waals surface area (Å²) in [6, 6.07) is 8.15.